The van der Waals surface area contributed by atoms with Crippen LogP contribution >= 0.6 is 0 Å². The molecule has 0 bridgehead atoms. The summed E-state index contributed by atoms with van der Waals surface area (Å²) in [5, 5.41) is 10.4. The maximum atomic E-state index is 10.4. The highest BCUT2D eigenvalue weighted by atomic mass is 16.7. The van der Waals surface area contributed by atoms with Gasteiger partial charge in [-0.15, -0.1) is 0 Å². The largest absolute Gasteiger partial charge is 0.497 e. The first-order chi connectivity index (χ1) is 25.5. The first-order valence-corrected chi connectivity index (χ1v) is 20.7. The van der Waals surface area contributed by atoms with E-state index in [-0.39, 0.29) is 13.2 Å². The van der Waals surface area contributed by atoms with E-state index in [1.807, 2.05) is 24.3 Å². The van der Waals surface area contributed by atoms with E-state index in [0.717, 1.165) is 37.0 Å². The Kier molecular flexibility index (Phi) is 26.0. The number of benzene rings is 1. The fourth-order valence-corrected chi connectivity index (χ4v) is 6.77. The van der Waals surface area contributed by atoms with Crippen molar-refractivity contribution >= 4 is 0 Å². The summed E-state index contributed by atoms with van der Waals surface area (Å²) in [5.74, 6) is 0.759. The van der Waals surface area contributed by atoms with Crippen LogP contribution in [0.25, 0.3) is 0 Å². The summed E-state index contributed by atoms with van der Waals surface area (Å²) >= 11 is 0. The van der Waals surface area contributed by atoms with Gasteiger partial charge in [0.2, 0.25) is 0 Å². The Labute approximate surface area is 310 Å². The third-order valence-corrected chi connectivity index (χ3v) is 9.96. The topological polar surface area (TPSA) is 75.6 Å². The van der Waals surface area contributed by atoms with Gasteiger partial charge in [-0.2, -0.15) is 0 Å². The minimum absolute atomic E-state index is 0.253. The second-order valence-electron chi connectivity index (χ2n) is 14.3. The molecule has 0 aromatic heterocycles. The number of methoxy groups -OCH3 is 2. The van der Waals surface area contributed by atoms with Crippen molar-refractivity contribution in [3.05, 3.63) is 29.8 Å². The van der Waals surface area contributed by atoms with Crippen LogP contribution in [0.3, 0.4) is 0 Å². The number of aliphatic hydroxyl groups excluding tert-OH is 1. The maximum absolute atomic E-state index is 10.4. The minimum Gasteiger partial charge on any atom is -0.497 e. The fourth-order valence-electron chi connectivity index (χ4n) is 6.77. The highest BCUT2D eigenvalue weighted by Gasteiger charge is 2.48. The number of hydrogen-bond donors (Lipinski definition) is 1. The molecule has 1 aliphatic heterocycles. The molecule has 292 valence electrons. The highest BCUT2D eigenvalue weighted by Crippen LogP contribution is 2.30. The predicted octanol–water partition coefficient (Wildman–Crippen LogP) is 11.1. The van der Waals surface area contributed by atoms with Gasteiger partial charge in [0.1, 0.15) is 30.2 Å². The molecule has 0 aliphatic carbocycles. The fraction of sp³-hybridized carbons (Fsp3) is 0.860. The molecule has 2 rings (SSSR count). The van der Waals surface area contributed by atoms with Gasteiger partial charge in [0, 0.05) is 20.3 Å². The average molecular weight is 709 g/mol. The van der Waals surface area contributed by atoms with E-state index in [9.17, 15) is 5.11 Å². The molecule has 0 radical (unpaired) electrons. The van der Waals surface area contributed by atoms with Gasteiger partial charge in [-0.3, -0.25) is 0 Å². The molecule has 1 fully saturated rings. The van der Waals surface area contributed by atoms with E-state index in [0.29, 0.717) is 12.8 Å². The molecule has 50 heavy (non-hydrogen) atoms. The van der Waals surface area contributed by atoms with Crippen LogP contribution in [0.5, 0.6) is 5.75 Å². The van der Waals surface area contributed by atoms with Crippen LogP contribution in [-0.4, -0.2) is 69.8 Å². The Morgan fingerprint density at radius 1 is 0.560 bits per heavy atom. The summed E-state index contributed by atoms with van der Waals surface area (Å²) in [6, 6.07) is 7.64. The zero-order valence-corrected chi connectivity index (χ0v) is 32.6. The lowest BCUT2D eigenvalue weighted by Crippen LogP contribution is -2.61. The van der Waals surface area contributed by atoms with Crippen LogP contribution < -0.4 is 4.74 Å². The van der Waals surface area contributed by atoms with E-state index in [1.165, 1.54) is 123 Å². The summed E-state index contributed by atoms with van der Waals surface area (Å²) < 4.78 is 54.1. The monoisotopic (exact) mass is 709 g/mol. The molecule has 7 heteroatoms. The molecule has 1 saturated heterocycles. The molecule has 7 atom stereocenters. The lowest BCUT2D eigenvalue weighted by atomic mass is 9.98. The molecule has 3 unspecified atom stereocenters. The normalized spacial score (nSPS) is 22.6. The Hall–Kier alpha value is -1.22. The number of ether oxygens (including phenoxy) is 6. The van der Waals surface area contributed by atoms with Gasteiger partial charge in [0.05, 0.1) is 23.1 Å². The Morgan fingerprint density at radius 3 is 1.38 bits per heavy atom. The summed E-state index contributed by atoms with van der Waals surface area (Å²) in [4.78, 5) is 0. The van der Waals surface area contributed by atoms with Crippen LogP contribution in [0.15, 0.2) is 24.3 Å². The molecule has 0 spiro atoms. The Morgan fingerprint density at radius 2 is 0.980 bits per heavy atom. The van der Waals surface area contributed by atoms with Crippen molar-refractivity contribution in [3.8, 4) is 5.75 Å². The van der Waals surface area contributed by atoms with Crippen LogP contribution in [0.2, 0.25) is 0 Å². The number of aliphatic hydroxyl groups is 1. The van der Waals surface area contributed by atoms with E-state index in [1.54, 1.807) is 7.11 Å². The van der Waals surface area contributed by atoms with Crippen LogP contribution in [0, 0.1) is 0 Å². The van der Waals surface area contributed by atoms with E-state index in [2.05, 4.69) is 13.8 Å². The number of unbranched alkanes of at least 4 members (excludes halogenated alkanes) is 20. The van der Waals surface area contributed by atoms with Gasteiger partial charge in [-0.25, -0.2) is 0 Å². The summed E-state index contributed by atoms with van der Waals surface area (Å²) in [7, 11) is 3.17. The zero-order chi connectivity index (χ0) is 37.7. The van der Waals surface area contributed by atoms with Gasteiger partial charge >= 0.3 is 0 Å². The Bertz CT molecular complexity index is 939. The smallest absolute Gasteiger partial charge is 0.186 e. The van der Waals surface area contributed by atoms with Gasteiger partial charge in [-0.1, -0.05) is 167 Å². The van der Waals surface area contributed by atoms with Crippen molar-refractivity contribution < 1.29 is 36.3 Å². The maximum Gasteiger partial charge on any atom is 0.186 e. The van der Waals surface area contributed by atoms with Gasteiger partial charge in [-0.05, 0) is 30.5 Å². The van der Waals surface area contributed by atoms with Crippen LogP contribution in [0.1, 0.15) is 176 Å². The lowest BCUT2D eigenvalue weighted by molar-refractivity contribution is -0.318. The molecule has 1 heterocycles. The zero-order valence-electron chi connectivity index (χ0n) is 34.6. The molecule has 7 nitrogen and oxygen atoms in total. The molecule has 1 aliphatic rings. The lowest BCUT2D eigenvalue weighted by Gasteiger charge is -2.45. The first kappa shape index (κ1) is 41.5. The molecular weight excluding hydrogens is 628 g/mol. The minimum atomic E-state index is -0.859. The highest BCUT2D eigenvalue weighted by molar-refractivity contribution is 5.26. The predicted molar refractivity (Wildman–Crippen MR) is 206 cm³/mol. The quantitative estimate of drug-likeness (QED) is 0.0714. The molecule has 0 amide bonds. The van der Waals surface area contributed by atoms with Crippen LogP contribution in [0.4, 0.5) is 0 Å². The van der Waals surface area contributed by atoms with Crippen LogP contribution in [-0.2, 0) is 30.3 Å². The molecule has 0 saturated carbocycles. The van der Waals surface area contributed by atoms with E-state index in [4.69, 9.17) is 31.2 Å². The first-order valence-electron chi connectivity index (χ1n) is 21.8. The third-order valence-electron chi connectivity index (χ3n) is 9.96. The van der Waals surface area contributed by atoms with Crippen molar-refractivity contribution in [2.75, 3.05) is 34.0 Å². The number of rotatable bonds is 34. The van der Waals surface area contributed by atoms with Crippen molar-refractivity contribution in [3.63, 3.8) is 0 Å². The van der Waals surface area contributed by atoms with Gasteiger partial charge in [0.15, 0.2) is 6.29 Å². The molecule has 1 aromatic rings. The summed E-state index contributed by atoms with van der Waals surface area (Å²) in [6.07, 6.45) is 24.8. The molecule has 1 aromatic carbocycles. The van der Waals surface area contributed by atoms with E-state index < -0.39 is 43.9 Å². The van der Waals surface area contributed by atoms with E-state index >= 15 is 0 Å². The van der Waals surface area contributed by atoms with Crippen molar-refractivity contribution in [2.45, 2.75) is 205 Å². The second kappa shape index (κ2) is 31.3. The molecule has 1 N–H and O–H groups in total. The van der Waals surface area contributed by atoms with Gasteiger partial charge < -0.3 is 33.5 Å². The summed E-state index contributed by atoms with van der Waals surface area (Å²) in [5.41, 5.74) is 0.931. The third kappa shape index (κ3) is 20.1. The van der Waals surface area contributed by atoms with Gasteiger partial charge in [0.25, 0.3) is 0 Å². The molecular formula is C43H78O7. The van der Waals surface area contributed by atoms with Crippen molar-refractivity contribution in [1.82, 2.24) is 0 Å². The van der Waals surface area contributed by atoms with Crippen molar-refractivity contribution in [2.24, 2.45) is 0 Å². The SMILES string of the molecule is [2H]C(CCCCCCCCCCCCC)O[C@H]1[C@H](OCc2ccc(OC)cc2)[C@@H](CO)OC(OC)[C@@H]1OC([2H])CCCCCCCCCCCCC. The average Bonchev–Trinajstić information content (AvgIpc) is 3.16. The summed E-state index contributed by atoms with van der Waals surface area (Å²) in [6.45, 7) is 2.88. The Balaban J connectivity index is 1.95. The number of hydrogen-bond acceptors (Lipinski definition) is 7. The standard InChI is InChI=1S/C43H78O7/c1-5-7-9-11-13-15-17-19-21-23-25-27-33-47-41-40(49-36-37-29-31-38(45-3)32-30-37)39(35-44)50-43(46-4)42(41)48-34-28-26-24-22-20-18-16-14-12-10-8-6-2/h29-32,39-44H,5-28,33-36H2,1-4H3/t39-,40-,41+,42-,43?/m1/s1/i33D,34D/t33?,34?,39-,40-,41+,42-,43?. The second-order valence-corrected chi connectivity index (χ2v) is 14.3. The van der Waals surface area contributed by atoms with Crippen molar-refractivity contribution in [1.29, 1.82) is 0 Å².